The zero-order chi connectivity index (χ0) is 11.5. The van der Waals surface area contributed by atoms with Gasteiger partial charge in [0, 0.05) is 11.6 Å². The Morgan fingerprint density at radius 1 is 1.44 bits per heavy atom. The molecule has 1 aliphatic rings. The minimum Gasteiger partial charge on any atom is -0.496 e. The lowest BCUT2D eigenvalue weighted by Crippen LogP contribution is -2.21. The van der Waals surface area contributed by atoms with Crippen molar-refractivity contribution >= 4 is 5.57 Å². The molecule has 0 fully saturated rings. The molecule has 0 heterocycles. The summed E-state index contributed by atoms with van der Waals surface area (Å²) in [6.45, 7) is 0. The molecule has 0 saturated carbocycles. The molecule has 0 radical (unpaired) electrons. The minimum atomic E-state index is -0.230. The van der Waals surface area contributed by atoms with Gasteiger partial charge >= 0.3 is 0 Å². The van der Waals surface area contributed by atoms with Gasteiger partial charge in [-0.3, -0.25) is 0 Å². The quantitative estimate of drug-likeness (QED) is 0.833. The van der Waals surface area contributed by atoms with Crippen LogP contribution >= 0.6 is 0 Å². The number of benzene rings is 1. The average molecular weight is 221 g/mol. The third-order valence-electron chi connectivity index (χ3n) is 2.96. The zero-order valence-corrected chi connectivity index (χ0v) is 9.37. The third kappa shape index (κ3) is 2.25. The first kappa shape index (κ1) is 11.1. The molecule has 0 aliphatic heterocycles. The molecule has 1 unspecified atom stereocenters. The van der Waals surface area contributed by atoms with E-state index in [1.807, 2.05) is 0 Å². The van der Waals surface area contributed by atoms with E-state index < -0.39 is 0 Å². The molecule has 1 atom stereocenters. The van der Waals surface area contributed by atoms with Gasteiger partial charge in [0.15, 0.2) is 0 Å². The van der Waals surface area contributed by atoms with Crippen LogP contribution < -0.4 is 10.5 Å². The van der Waals surface area contributed by atoms with Gasteiger partial charge < -0.3 is 10.5 Å². The van der Waals surface area contributed by atoms with Crippen molar-refractivity contribution in [3.05, 3.63) is 35.7 Å². The maximum Gasteiger partial charge on any atom is 0.126 e. The lowest BCUT2D eigenvalue weighted by atomic mass is 9.90. The number of halogens is 1. The summed E-state index contributed by atoms with van der Waals surface area (Å²) in [5.41, 5.74) is 7.82. The van der Waals surface area contributed by atoms with Crippen molar-refractivity contribution in [1.82, 2.24) is 0 Å². The molecule has 0 spiro atoms. The van der Waals surface area contributed by atoms with Crippen molar-refractivity contribution in [2.75, 3.05) is 7.11 Å². The summed E-state index contributed by atoms with van der Waals surface area (Å²) in [5.74, 6) is 0.495. The number of rotatable bonds is 2. The fourth-order valence-electron chi connectivity index (χ4n) is 2.03. The van der Waals surface area contributed by atoms with Crippen LogP contribution in [0.25, 0.3) is 5.57 Å². The molecule has 1 aliphatic carbocycles. The van der Waals surface area contributed by atoms with Gasteiger partial charge in [-0.1, -0.05) is 6.08 Å². The largest absolute Gasteiger partial charge is 0.496 e. The van der Waals surface area contributed by atoms with Gasteiger partial charge in [-0.2, -0.15) is 0 Å². The van der Waals surface area contributed by atoms with Crippen molar-refractivity contribution in [1.29, 1.82) is 0 Å². The van der Waals surface area contributed by atoms with Gasteiger partial charge in [0.2, 0.25) is 0 Å². The highest BCUT2D eigenvalue weighted by Crippen LogP contribution is 2.32. The summed E-state index contributed by atoms with van der Waals surface area (Å²) in [5, 5.41) is 0. The molecule has 1 aromatic rings. The predicted molar refractivity (Wildman–Crippen MR) is 62.8 cm³/mol. The van der Waals surface area contributed by atoms with Gasteiger partial charge in [-0.25, -0.2) is 4.39 Å². The van der Waals surface area contributed by atoms with E-state index in [-0.39, 0.29) is 11.9 Å². The van der Waals surface area contributed by atoms with Crippen LogP contribution in [0.4, 0.5) is 4.39 Å². The summed E-state index contributed by atoms with van der Waals surface area (Å²) in [6.07, 6.45) is 4.78. The fourth-order valence-corrected chi connectivity index (χ4v) is 2.03. The maximum absolute atomic E-state index is 13.2. The van der Waals surface area contributed by atoms with Crippen LogP contribution in [0.15, 0.2) is 24.3 Å². The summed E-state index contributed by atoms with van der Waals surface area (Å²) in [6, 6.07) is 4.85. The summed E-state index contributed by atoms with van der Waals surface area (Å²) >= 11 is 0. The van der Waals surface area contributed by atoms with Crippen LogP contribution in [-0.2, 0) is 0 Å². The monoisotopic (exact) mass is 221 g/mol. The van der Waals surface area contributed by atoms with E-state index in [1.54, 1.807) is 13.2 Å². The Kier molecular flexibility index (Phi) is 3.25. The molecule has 0 saturated heterocycles. The molecule has 0 amide bonds. The average Bonchev–Trinajstić information content (AvgIpc) is 2.30. The second-order valence-corrected chi connectivity index (χ2v) is 4.11. The standard InChI is InChI=1S/C13H16FNO/c1-16-13-7-4-10(14)8-12(13)9-2-5-11(15)6-3-9/h2,4,7-8,11H,3,5-6,15H2,1H3. The van der Waals surface area contributed by atoms with Crippen LogP contribution in [0, 0.1) is 5.82 Å². The van der Waals surface area contributed by atoms with E-state index in [0.29, 0.717) is 0 Å². The molecular weight excluding hydrogens is 205 g/mol. The highest BCUT2D eigenvalue weighted by molar-refractivity contribution is 5.71. The van der Waals surface area contributed by atoms with Gasteiger partial charge in [-0.05, 0) is 43.0 Å². The normalized spacial score (nSPS) is 20.4. The molecule has 3 heteroatoms. The van der Waals surface area contributed by atoms with E-state index in [4.69, 9.17) is 10.5 Å². The molecule has 0 bridgehead atoms. The topological polar surface area (TPSA) is 35.2 Å². The third-order valence-corrected chi connectivity index (χ3v) is 2.96. The number of allylic oxidation sites excluding steroid dienone is 1. The Balaban J connectivity index is 2.35. The lowest BCUT2D eigenvalue weighted by molar-refractivity contribution is 0.412. The lowest BCUT2D eigenvalue weighted by Gasteiger charge is -2.20. The van der Waals surface area contributed by atoms with E-state index >= 15 is 0 Å². The zero-order valence-electron chi connectivity index (χ0n) is 9.37. The van der Waals surface area contributed by atoms with Gasteiger partial charge in [0.1, 0.15) is 11.6 Å². The van der Waals surface area contributed by atoms with Crippen molar-refractivity contribution in [2.45, 2.75) is 25.3 Å². The first-order valence-corrected chi connectivity index (χ1v) is 5.49. The van der Waals surface area contributed by atoms with Crippen molar-refractivity contribution in [3.8, 4) is 5.75 Å². The second-order valence-electron chi connectivity index (χ2n) is 4.11. The first-order valence-electron chi connectivity index (χ1n) is 5.49. The summed E-state index contributed by atoms with van der Waals surface area (Å²) in [4.78, 5) is 0. The number of methoxy groups -OCH3 is 1. The fraction of sp³-hybridized carbons (Fsp3) is 0.385. The smallest absolute Gasteiger partial charge is 0.126 e. The minimum absolute atomic E-state index is 0.230. The van der Waals surface area contributed by atoms with E-state index in [1.165, 1.54) is 12.1 Å². The highest BCUT2D eigenvalue weighted by atomic mass is 19.1. The van der Waals surface area contributed by atoms with Crippen molar-refractivity contribution in [2.24, 2.45) is 5.73 Å². The van der Waals surface area contributed by atoms with Crippen LogP contribution in [0.5, 0.6) is 5.75 Å². The molecule has 16 heavy (non-hydrogen) atoms. The van der Waals surface area contributed by atoms with Gasteiger partial charge in [0.25, 0.3) is 0 Å². The SMILES string of the molecule is COc1ccc(F)cc1C1=CCC(N)CC1. The Bertz CT molecular complexity index is 414. The number of hydrogen-bond acceptors (Lipinski definition) is 2. The second kappa shape index (κ2) is 4.66. The number of ether oxygens (including phenoxy) is 1. The van der Waals surface area contributed by atoms with E-state index in [2.05, 4.69) is 6.08 Å². The van der Waals surface area contributed by atoms with Crippen LogP contribution in [0.2, 0.25) is 0 Å². The molecular formula is C13H16FNO. The van der Waals surface area contributed by atoms with Crippen molar-refractivity contribution < 1.29 is 9.13 Å². The summed E-state index contributed by atoms with van der Waals surface area (Å²) < 4.78 is 18.4. The number of nitrogens with two attached hydrogens (primary N) is 1. The Labute approximate surface area is 94.9 Å². The molecule has 0 aromatic heterocycles. The predicted octanol–water partition coefficient (Wildman–Crippen LogP) is 2.73. The van der Waals surface area contributed by atoms with Gasteiger partial charge in [-0.15, -0.1) is 0 Å². The van der Waals surface area contributed by atoms with Crippen LogP contribution in [0.3, 0.4) is 0 Å². The van der Waals surface area contributed by atoms with Crippen LogP contribution in [0.1, 0.15) is 24.8 Å². The van der Waals surface area contributed by atoms with Crippen molar-refractivity contribution in [3.63, 3.8) is 0 Å². The maximum atomic E-state index is 13.2. The Morgan fingerprint density at radius 2 is 2.25 bits per heavy atom. The molecule has 2 rings (SSSR count). The molecule has 86 valence electrons. The van der Waals surface area contributed by atoms with Crippen LogP contribution in [-0.4, -0.2) is 13.2 Å². The molecule has 2 N–H and O–H groups in total. The van der Waals surface area contributed by atoms with E-state index in [9.17, 15) is 4.39 Å². The Morgan fingerprint density at radius 3 is 2.88 bits per heavy atom. The molecule has 1 aromatic carbocycles. The molecule has 2 nitrogen and oxygen atoms in total. The van der Waals surface area contributed by atoms with Gasteiger partial charge in [0.05, 0.1) is 7.11 Å². The highest BCUT2D eigenvalue weighted by Gasteiger charge is 2.15. The summed E-state index contributed by atoms with van der Waals surface area (Å²) in [7, 11) is 1.60. The van der Waals surface area contributed by atoms with E-state index in [0.717, 1.165) is 36.1 Å². The number of hydrogen-bond donors (Lipinski definition) is 1. The Hall–Kier alpha value is -1.35. The first-order chi connectivity index (χ1) is 7.70.